The van der Waals surface area contributed by atoms with Gasteiger partial charge in [0.05, 0.1) is 0 Å². The molecule has 0 heterocycles. The van der Waals surface area contributed by atoms with Crippen LogP contribution in [-0.2, 0) is 14.9 Å². The summed E-state index contributed by atoms with van der Waals surface area (Å²) in [7, 11) is 0. The van der Waals surface area contributed by atoms with Crippen molar-refractivity contribution in [1.82, 2.24) is 0 Å². The van der Waals surface area contributed by atoms with Gasteiger partial charge in [-0.15, -0.1) is 0 Å². The molecule has 3 heteroatoms. The highest BCUT2D eigenvalue weighted by Crippen LogP contribution is 2.23. The Morgan fingerprint density at radius 2 is 1.55 bits per heavy atom. The Hall–Kier alpha value is -1.06. The van der Waals surface area contributed by atoms with Crippen LogP contribution in [-0.4, -0.2) is 26.0 Å². The number of benzene rings is 1. The van der Waals surface area contributed by atoms with Gasteiger partial charge in [-0.25, -0.2) is 0 Å². The van der Waals surface area contributed by atoms with Crippen LogP contribution >= 0.6 is 0 Å². The van der Waals surface area contributed by atoms with Crippen LogP contribution < -0.4 is 5.32 Å². The van der Waals surface area contributed by atoms with E-state index in [9.17, 15) is 0 Å². The first-order valence-corrected chi connectivity index (χ1v) is 7.55. The van der Waals surface area contributed by atoms with Crippen LogP contribution in [0.1, 0.15) is 46.6 Å². The van der Waals surface area contributed by atoms with E-state index in [2.05, 4.69) is 50.4 Å². The van der Waals surface area contributed by atoms with Crippen molar-refractivity contribution in [2.75, 3.05) is 25.1 Å². The van der Waals surface area contributed by atoms with Crippen molar-refractivity contribution in [3.8, 4) is 0 Å². The van der Waals surface area contributed by atoms with Crippen LogP contribution in [0.15, 0.2) is 24.3 Å². The van der Waals surface area contributed by atoms with Crippen molar-refractivity contribution in [3.63, 3.8) is 0 Å². The topological polar surface area (TPSA) is 30.5 Å². The second-order valence-corrected chi connectivity index (χ2v) is 5.88. The van der Waals surface area contributed by atoms with E-state index < -0.39 is 0 Å². The third kappa shape index (κ3) is 5.93. The molecule has 0 saturated carbocycles. The molecule has 0 spiro atoms. The van der Waals surface area contributed by atoms with E-state index in [0.29, 0.717) is 13.2 Å². The molecule has 0 amide bonds. The van der Waals surface area contributed by atoms with E-state index in [4.69, 9.17) is 9.47 Å². The van der Waals surface area contributed by atoms with Gasteiger partial charge in [-0.05, 0) is 37.0 Å². The SMILES string of the molecule is CCOC(CCNc1ccc(C(C)(C)C)cc1)OCC. The number of anilines is 1. The lowest BCUT2D eigenvalue weighted by Crippen LogP contribution is -2.21. The highest BCUT2D eigenvalue weighted by molar-refractivity contribution is 5.45. The van der Waals surface area contributed by atoms with E-state index in [-0.39, 0.29) is 11.7 Å². The maximum absolute atomic E-state index is 5.52. The molecule has 1 rings (SSSR count). The average Bonchev–Trinajstić information content (AvgIpc) is 2.39. The second-order valence-electron chi connectivity index (χ2n) is 5.88. The highest BCUT2D eigenvalue weighted by Gasteiger charge is 2.12. The van der Waals surface area contributed by atoms with E-state index >= 15 is 0 Å². The average molecular weight is 279 g/mol. The third-order valence-corrected chi connectivity index (χ3v) is 3.17. The lowest BCUT2D eigenvalue weighted by atomic mass is 9.87. The number of rotatable bonds is 8. The zero-order valence-corrected chi connectivity index (χ0v) is 13.5. The number of hydrogen-bond acceptors (Lipinski definition) is 3. The summed E-state index contributed by atoms with van der Waals surface area (Å²) in [5, 5.41) is 3.41. The molecule has 0 bridgehead atoms. The zero-order chi connectivity index (χ0) is 15.0. The summed E-state index contributed by atoms with van der Waals surface area (Å²) in [5.41, 5.74) is 2.70. The minimum Gasteiger partial charge on any atom is -0.385 e. The Kier molecular flexibility index (Phi) is 7.03. The smallest absolute Gasteiger partial charge is 0.159 e. The molecule has 0 aliphatic heterocycles. The largest absolute Gasteiger partial charge is 0.385 e. The van der Waals surface area contributed by atoms with Gasteiger partial charge >= 0.3 is 0 Å². The molecule has 1 N–H and O–H groups in total. The summed E-state index contributed by atoms with van der Waals surface area (Å²) < 4.78 is 11.0. The Bertz CT molecular complexity index is 362. The van der Waals surface area contributed by atoms with E-state index in [1.807, 2.05) is 13.8 Å². The molecular formula is C17H29NO2. The van der Waals surface area contributed by atoms with Crippen LogP contribution in [0.25, 0.3) is 0 Å². The molecule has 3 nitrogen and oxygen atoms in total. The van der Waals surface area contributed by atoms with Crippen molar-refractivity contribution >= 4 is 5.69 Å². The van der Waals surface area contributed by atoms with Crippen molar-refractivity contribution in [2.45, 2.75) is 52.7 Å². The zero-order valence-electron chi connectivity index (χ0n) is 13.5. The summed E-state index contributed by atoms with van der Waals surface area (Å²) in [6.45, 7) is 12.9. The van der Waals surface area contributed by atoms with Crippen molar-refractivity contribution < 1.29 is 9.47 Å². The fourth-order valence-corrected chi connectivity index (χ4v) is 2.01. The quantitative estimate of drug-likeness (QED) is 0.724. The van der Waals surface area contributed by atoms with Gasteiger partial charge < -0.3 is 14.8 Å². The highest BCUT2D eigenvalue weighted by atomic mass is 16.7. The minimum atomic E-state index is -0.105. The van der Waals surface area contributed by atoms with Crippen molar-refractivity contribution in [3.05, 3.63) is 29.8 Å². The molecule has 1 aromatic carbocycles. The molecule has 114 valence electrons. The van der Waals surface area contributed by atoms with E-state index in [0.717, 1.165) is 18.7 Å². The van der Waals surface area contributed by atoms with Gasteiger partial charge in [0.1, 0.15) is 0 Å². The Morgan fingerprint density at radius 1 is 1.00 bits per heavy atom. The molecule has 0 atom stereocenters. The molecule has 0 aliphatic carbocycles. The lowest BCUT2D eigenvalue weighted by molar-refractivity contribution is -0.137. The number of nitrogens with one attached hydrogen (secondary N) is 1. The summed E-state index contributed by atoms with van der Waals surface area (Å²) in [6, 6.07) is 8.64. The van der Waals surface area contributed by atoms with Gasteiger partial charge in [-0.2, -0.15) is 0 Å². The summed E-state index contributed by atoms with van der Waals surface area (Å²) in [4.78, 5) is 0. The lowest BCUT2D eigenvalue weighted by Gasteiger charge is -2.20. The molecule has 20 heavy (non-hydrogen) atoms. The van der Waals surface area contributed by atoms with Gasteiger partial charge in [0.25, 0.3) is 0 Å². The second kappa shape index (κ2) is 8.28. The van der Waals surface area contributed by atoms with Gasteiger partial charge in [0.15, 0.2) is 6.29 Å². The van der Waals surface area contributed by atoms with Crippen LogP contribution in [0.3, 0.4) is 0 Å². The molecular weight excluding hydrogens is 250 g/mol. The molecule has 0 fully saturated rings. The Balaban J connectivity index is 2.41. The monoisotopic (exact) mass is 279 g/mol. The van der Waals surface area contributed by atoms with Crippen LogP contribution in [0.4, 0.5) is 5.69 Å². The van der Waals surface area contributed by atoms with E-state index in [1.54, 1.807) is 0 Å². The van der Waals surface area contributed by atoms with Gasteiger partial charge in [-0.3, -0.25) is 0 Å². The maximum Gasteiger partial charge on any atom is 0.159 e. The van der Waals surface area contributed by atoms with Gasteiger partial charge in [0.2, 0.25) is 0 Å². The first kappa shape index (κ1) is 17.0. The summed E-state index contributed by atoms with van der Waals surface area (Å²) >= 11 is 0. The Labute approximate surface area is 123 Å². The molecule has 0 radical (unpaired) electrons. The molecule has 1 aromatic rings. The predicted molar refractivity (Wildman–Crippen MR) is 85.3 cm³/mol. The van der Waals surface area contributed by atoms with Gasteiger partial charge in [-0.1, -0.05) is 32.9 Å². The van der Waals surface area contributed by atoms with Crippen LogP contribution in [0.5, 0.6) is 0 Å². The molecule has 0 unspecified atom stereocenters. The summed E-state index contributed by atoms with van der Waals surface area (Å²) in [6.07, 6.45) is 0.745. The van der Waals surface area contributed by atoms with E-state index in [1.165, 1.54) is 5.56 Å². The predicted octanol–water partition coefficient (Wildman–Crippen LogP) is 4.19. The van der Waals surface area contributed by atoms with Crippen LogP contribution in [0, 0.1) is 0 Å². The third-order valence-electron chi connectivity index (χ3n) is 3.17. The normalized spacial score (nSPS) is 11.9. The number of ether oxygens (including phenoxy) is 2. The van der Waals surface area contributed by atoms with Crippen molar-refractivity contribution in [2.24, 2.45) is 0 Å². The first-order valence-electron chi connectivity index (χ1n) is 7.55. The minimum absolute atomic E-state index is 0.105. The molecule has 0 aliphatic rings. The fraction of sp³-hybridized carbons (Fsp3) is 0.647. The van der Waals surface area contributed by atoms with Crippen molar-refractivity contribution in [1.29, 1.82) is 0 Å². The number of hydrogen-bond donors (Lipinski definition) is 1. The first-order chi connectivity index (χ1) is 9.47. The molecule has 0 saturated heterocycles. The standard InChI is InChI=1S/C17H29NO2/c1-6-19-16(20-7-2)12-13-18-15-10-8-14(9-11-15)17(3,4)5/h8-11,16,18H,6-7,12-13H2,1-5H3. The Morgan fingerprint density at radius 3 is 2.00 bits per heavy atom. The van der Waals surface area contributed by atoms with Crippen LogP contribution in [0.2, 0.25) is 0 Å². The summed E-state index contributed by atoms with van der Waals surface area (Å²) in [5.74, 6) is 0. The molecule has 0 aromatic heterocycles. The fourth-order valence-electron chi connectivity index (χ4n) is 2.01. The van der Waals surface area contributed by atoms with Gasteiger partial charge in [0, 0.05) is 31.9 Å². The maximum atomic E-state index is 5.52.